The Balaban J connectivity index is 1.28. The second kappa shape index (κ2) is 13.4. The minimum atomic E-state index is -3.96. The first-order valence-electron chi connectivity index (χ1n) is 15.1. The molecule has 1 saturated heterocycles. The lowest BCUT2D eigenvalue weighted by Crippen LogP contribution is -2.29. The van der Waals surface area contributed by atoms with E-state index >= 15 is 0 Å². The molecule has 1 N–H and O–H groups in total. The summed E-state index contributed by atoms with van der Waals surface area (Å²) in [6.45, 7) is 6.53. The van der Waals surface area contributed by atoms with Crippen molar-refractivity contribution in [2.24, 2.45) is 5.41 Å². The number of nitrogens with one attached hydrogen (secondary N) is 1. The molecule has 7 nitrogen and oxygen atoms in total. The van der Waals surface area contributed by atoms with Gasteiger partial charge < -0.3 is 4.57 Å². The van der Waals surface area contributed by atoms with Gasteiger partial charge in [-0.25, -0.2) is 14.0 Å². The number of carbonyl (C=O) groups is 1. The fourth-order valence-corrected chi connectivity index (χ4v) is 8.21. The minimum Gasteiger partial charge on any atom is -0.303 e. The van der Waals surface area contributed by atoms with E-state index in [9.17, 15) is 13.2 Å². The van der Waals surface area contributed by atoms with Crippen LogP contribution >= 0.6 is 35.0 Å². The summed E-state index contributed by atoms with van der Waals surface area (Å²) < 4.78 is 30.1. The number of amides is 1. The van der Waals surface area contributed by atoms with E-state index in [0.29, 0.717) is 38.9 Å². The molecule has 47 heavy (non-hydrogen) atoms. The van der Waals surface area contributed by atoms with Crippen molar-refractivity contribution in [3.63, 3.8) is 0 Å². The van der Waals surface area contributed by atoms with E-state index in [1.54, 1.807) is 30.3 Å². The number of rotatable bonds is 9. The van der Waals surface area contributed by atoms with Gasteiger partial charge in [-0.3, -0.25) is 4.79 Å². The van der Waals surface area contributed by atoms with Crippen LogP contribution in [0, 0.1) is 5.41 Å². The summed E-state index contributed by atoms with van der Waals surface area (Å²) >= 11 is 14.6. The molecule has 1 aromatic heterocycles. The quantitative estimate of drug-likeness (QED) is 0.155. The second-order valence-electron chi connectivity index (χ2n) is 12.7. The van der Waals surface area contributed by atoms with Gasteiger partial charge in [0.1, 0.15) is 12.4 Å². The Kier molecular flexibility index (Phi) is 9.45. The van der Waals surface area contributed by atoms with Crippen molar-refractivity contribution >= 4 is 56.8 Å². The number of anilines is 1. The maximum Gasteiger partial charge on any atom is 0.326 e. The van der Waals surface area contributed by atoms with E-state index in [1.165, 1.54) is 4.90 Å². The summed E-state index contributed by atoms with van der Waals surface area (Å²) in [5.41, 5.74) is 6.09. The molecule has 1 amide bonds. The third kappa shape index (κ3) is 7.87. The molecule has 6 rings (SSSR count). The Hall–Kier alpha value is -3.76. The van der Waals surface area contributed by atoms with E-state index in [2.05, 4.69) is 69.3 Å². The SMILES string of the molecule is CC(C)(C)CCSc1ccc(-c2ccc(Cc3nc(-c4ccc(Cl)cc4Cl)cn3-c3cccc(N4CC(=O)NS4(=O)=O)c3)cc2)cc1. The van der Waals surface area contributed by atoms with Gasteiger partial charge in [0, 0.05) is 33.8 Å². The molecular formula is C36H34Cl2N4O3S2. The average Bonchev–Trinajstić information content (AvgIpc) is 3.55. The van der Waals surface area contributed by atoms with Crippen LogP contribution in [0.25, 0.3) is 28.1 Å². The topological polar surface area (TPSA) is 84.3 Å². The number of benzene rings is 4. The first kappa shape index (κ1) is 33.2. The van der Waals surface area contributed by atoms with Crippen molar-refractivity contribution in [1.29, 1.82) is 0 Å². The molecule has 0 saturated carbocycles. The zero-order valence-corrected chi connectivity index (χ0v) is 29.3. The van der Waals surface area contributed by atoms with Crippen LogP contribution in [0.5, 0.6) is 0 Å². The van der Waals surface area contributed by atoms with Crippen molar-refractivity contribution in [2.45, 2.75) is 38.5 Å². The molecule has 0 atom stereocenters. The van der Waals surface area contributed by atoms with Crippen molar-refractivity contribution in [1.82, 2.24) is 14.3 Å². The van der Waals surface area contributed by atoms with E-state index in [4.69, 9.17) is 28.2 Å². The molecule has 2 heterocycles. The number of halogens is 2. The summed E-state index contributed by atoms with van der Waals surface area (Å²) in [4.78, 5) is 18.1. The molecule has 1 aliphatic rings. The standard InChI is InChI=1S/C36H34Cl2N4O3S2/c1-36(2,3)17-18-46-30-14-11-26(12-15-30)25-9-7-24(8-10-25)19-34-39-33(31-16-13-27(37)20-32(31)38)22-41(34)28-5-4-6-29(21-28)42-23-35(43)40-47(42,44)45/h4-16,20-22H,17-19,23H2,1-3H3,(H,40,43). The average molecular weight is 706 g/mol. The van der Waals surface area contributed by atoms with Crippen molar-refractivity contribution in [3.8, 4) is 28.1 Å². The van der Waals surface area contributed by atoms with Crippen LogP contribution in [0.2, 0.25) is 10.0 Å². The molecule has 0 aliphatic carbocycles. The summed E-state index contributed by atoms with van der Waals surface area (Å²) in [6.07, 6.45) is 3.54. The lowest BCUT2D eigenvalue weighted by atomic mass is 9.94. The molecule has 0 radical (unpaired) electrons. The van der Waals surface area contributed by atoms with Gasteiger partial charge in [-0.2, -0.15) is 8.42 Å². The molecule has 1 fully saturated rings. The molecule has 0 unspecified atom stereocenters. The first-order valence-corrected chi connectivity index (χ1v) is 18.3. The normalized spacial score (nSPS) is 14.4. The Morgan fingerprint density at radius 1 is 0.894 bits per heavy atom. The maximum atomic E-state index is 12.6. The van der Waals surface area contributed by atoms with Gasteiger partial charge in [-0.15, -0.1) is 11.8 Å². The monoisotopic (exact) mass is 704 g/mol. The maximum absolute atomic E-state index is 12.6. The van der Waals surface area contributed by atoms with Gasteiger partial charge in [0.15, 0.2) is 0 Å². The van der Waals surface area contributed by atoms with E-state index in [1.807, 2.05) is 39.4 Å². The number of aromatic nitrogens is 2. The Bertz CT molecular complexity index is 2040. The fraction of sp³-hybridized carbons (Fsp3) is 0.222. The lowest BCUT2D eigenvalue weighted by Gasteiger charge is -2.17. The number of nitrogens with zero attached hydrogens (tertiary/aromatic N) is 3. The summed E-state index contributed by atoms with van der Waals surface area (Å²) in [6, 6.07) is 29.4. The Morgan fingerprint density at radius 2 is 1.57 bits per heavy atom. The Labute approximate surface area is 290 Å². The smallest absolute Gasteiger partial charge is 0.303 e. The van der Waals surface area contributed by atoms with Crippen LogP contribution in [0.15, 0.2) is 102 Å². The first-order chi connectivity index (χ1) is 22.3. The summed E-state index contributed by atoms with van der Waals surface area (Å²) in [5.74, 6) is 1.25. The molecule has 5 aromatic rings. The van der Waals surface area contributed by atoms with Crippen LogP contribution < -0.4 is 9.03 Å². The van der Waals surface area contributed by atoms with Gasteiger partial charge in [0.2, 0.25) is 0 Å². The van der Waals surface area contributed by atoms with Crippen LogP contribution in [-0.4, -0.2) is 36.2 Å². The predicted molar refractivity (Wildman–Crippen MR) is 193 cm³/mol. The molecule has 242 valence electrons. The molecule has 4 aromatic carbocycles. The van der Waals surface area contributed by atoms with Gasteiger partial charge in [0.05, 0.1) is 16.4 Å². The highest BCUT2D eigenvalue weighted by Crippen LogP contribution is 2.33. The van der Waals surface area contributed by atoms with Crippen molar-refractivity contribution < 1.29 is 13.2 Å². The van der Waals surface area contributed by atoms with Crippen LogP contribution in [0.1, 0.15) is 38.6 Å². The van der Waals surface area contributed by atoms with Gasteiger partial charge >= 0.3 is 10.2 Å². The predicted octanol–water partition coefficient (Wildman–Crippen LogP) is 8.81. The van der Waals surface area contributed by atoms with Crippen LogP contribution in [-0.2, 0) is 21.4 Å². The van der Waals surface area contributed by atoms with E-state index < -0.39 is 16.1 Å². The third-order valence-electron chi connectivity index (χ3n) is 7.83. The molecule has 11 heteroatoms. The lowest BCUT2D eigenvalue weighted by molar-refractivity contribution is -0.117. The number of carbonyl (C=O) groups excluding carboxylic acids is 1. The van der Waals surface area contributed by atoms with Crippen molar-refractivity contribution in [2.75, 3.05) is 16.6 Å². The fourth-order valence-electron chi connectivity index (χ4n) is 5.28. The number of imidazole rings is 1. The molecule has 1 aliphatic heterocycles. The molecule has 0 bridgehead atoms. The number of hydrogen-bond donors (Lipinski definition) is 1. The molecular weight excluding hydrogens is 671 g/mol. The zero-order chi connectivity index (χ0) is 33.3. The van der Waals surface area contributed by atoms with Crippen LogP contribution in [0.4, 0.5) is 5.69 Å². The van der Waals surface area contributed by atoms with Gasteiger partial charge in [-0.05, 0) is 82.8 Å². The molecule has 0 spiro atoms. The minimum absolute atomic E-state index is 0.278. The van der Waals surface area contributed by atoms with Gasteiger partial charge in [0.25, 0.3) is 5.91 Å². The summed E-state index contributed by atoms with van der Waals surface area (Å²) in [7, 11) is -3.96. The van der Waals surface area contributed by atoms with Crippen LogP contribution in [0.3, 0.4) is 0 Å². The summed E-state index contributed by atoms with van der Waals surface area (Å²) in [5, 5.41) is 0.994. The highest BCUT2D eigenvalue weighted by molar-refractivity contribution is 7.99. The third-order valence-corrected chi connectivity index (χ3v) is 10.8. The number of hydrogen-bond acceptors (Lipinski definition) is 5. The zero-order valence-electron chi connectivity index (χ0n) is 26.2. The highest BCUT2D eigenvalue weighted by Gasteiger charge is 2.34. The number of thioether (sulfide) groups is 1. The second-order valence-corrected chi connectivity index (χ2v) is 16.3. The Morgan fingerprint density at radius 3 is 2.21 bits per heavy atom. The van der Waals surface area contributed by atoms with Crippen molar-refractivity contribution in [3.05, 3.63) is 119 Å². The highest BCUT2D eigenvalue weighted by atomic mass is 35.5. The van der Waals surface area contributed by atoms with E-state index in [-0.39, 0.29) is 6.54 Å². The van der Waals surface area contributed by atoms with E-state index in [0.717, 1.165) is 44.6 Å². The largest absolute Gasteiger partial charge is 0.326 e. The van der Waals surface area contributed by atoms with Gasteiger partial charge in [-0.1, -0.05) is 86.4 Å².